The highest BCUT2D eigenvalue weighted by atomic mass is 32.2. The molecule has 24 heavy (non-hydrogen) atoms. The van der Waals surface area contributed by atoms with Crippen LogP contribution in [0.25, 0.3) is 0 Å². The molecule has 0 fully saturated rings. The van der Waals surface area contributed by atoms with E-state index in [1.165, 1.54) is 23.1 Å². The van der Waals surface area contributed by atoms with Crippen LogP contribution in [0.1, 0.15) is 23.7 Å². The molecule has 2 N–H and O–H groups in total. The predicted octanol–water partition coefficient (Wildman–Crippen LogP) is 3.13. The molecule has 1 heterocycles. The molecule has 0 aliphatic rings. The monoisotopic (exact) mass is 382 g/mol. The zero-order chi connectivity index (χ0) is 17.4. The van der Waals surface area contributed by atoms with Gasteiger partial charge in [0.1, 0.15) is 0 Å². The molecule has 0 unspecified atom stereocenters. The highest BCUT2D eigenvalue weighted by molar-refractivity contribution is 8.03. The Morgan fingerprint density at radius 2 is 1.96 bits per heavy atom. The second-order valence-corrected chi connectivity index (χ2v) is 8.22. The lowest BCUT2D eigenvalue weighted by Gasteiger charge is -2.06. The Morgan fingerprint density at radius 1 is 1.21 bits per heavy atom. The van der Waals surface area contributed by atoms with Crippen LogP contribution in [0.15, 0.2) is 32.9 Å². The summed E-state index contributed by atoms with van der Waals surface area (Å²) in [5.74, 6) is 0.928. The van der Waals surface area contributed by atoms with Crippen molar-refractivity contribution in [1.82, 2.24) is 15.5 Å². The topological polar surface area (TPSA) is 84.0 Å². The number of amides is 2. The second kappa shape index (κ2) is 9.65. The number of rotatable bonds is 8. The fraction of sp³-hybridized carbons (Fsp3) is 0.333. The zero-order valence-corrected chi connectivity index (χ0v) is 15.8. The highest BCUT2D eigenvalue weighted by Crippen LogP contribution is 2.29. The largest absolute Gasteiger partial charge is 0.355 e. The molecule has 0 atom stereocenters. The molecule has 0 aliphatic heterocycles. The number of benzene rings is 1. The van der Waals surface area contributed by atoms with E-state index in [2.05, 4.69) is 27.8 Å². The lowest BCUT2D eigenvalue weighted by atomic mass is 10.2. The quantitative estimate of drug-likeness (QED) is 0.683. The average Bonchev–Trinajstić information content (AvgIpc) is 3.05. The standard InChI is InChI=1S/C15H18N4O2S3/c1-3-7-22-14-18-19-15(24-14)23-9-12(20)17-11-6-4-5-10(8-11)13(21)16-2/h4-6,8H,3,7,9H2,1-2H3,(H,16,21)(H,17,20). The summed E-state index contributed by atoms with van der Waals surface area (Å²) in [6, 6.07) is 6.82. The summed E-state index contributed by atoms with van der Waals surface area (Å²) in [5, 5.41) is 13.5. The van der Waals surface area contributed by atoms with E-state index in [9.17, 15) is 9.59 Å². The third-order valence-electron chi connectivity index (χ3n) is 2.78. The third-order valence-corrected chi connectivity index (χ3v) is 6.18. The molecule has 128 valence electrons. The third kappa shape index (κ3) is 5.81. The van der Waals surface area contributed by atoms with Gasteiger partial charge in [0.25, 0.3) is 5.91 Å². The maximum Gasteiger partial charge on any atom is 0.251 e. The van der Waals surface area contributed by atoms with E-state index in [1.54, 1.807) is 43.1 Å². The molecule has 6 nitrogen and oxygen atoms in total. The van der Waals surface area contributed by atoms with Gasteiger partial charge < -0.3 is 10.6 Å². The second-order valence-electron chi connectivity index (χ2n) is 4.68. The molecule has 2 aromatic rings. The van der Waals surface area contributed by atoms with Gasteiger partial charge in [-0.2, -0.15) is 0 Å². The normalized spacial score (nSPS) is 10.4. The number of hydrogen-bond donors (Lipinski definition) is 2. The molecule has 2 amide bonds. The van der Waals surface area contributed by atoms with Gasteiger partial charge in [0.15, 0.2) is 8.68 Å². The van der Waals surface area contributed by atoms with Gasteiger partial charge in [0, 0.05) is 24.1 Å². The van der Waals surface area contributed by atoms with Crippen molar-refractivity contribution in [2.45, 2.75) is 22.0 Å². The van der Waals surface area contributed by atoms with Crippen LogP contribution in [0.2, 0.25) is 0 Å². The van der Waals surface area contributed by atoms with Crippen molar-refractivity contribution in [1.29, 1.82) is 0 Å². The first-order valence-electron chi connectivity index (χ1n) is 7.33. The van der Waals surface area contributed by atoms with Crippen LogP contribution in [0, 0.1) is 0 Å². The minimum absolute atomic E-state index is 0.146. The van der Waals surface area contributed by atoms with Crippen molar-refractivity contribution >= 4 is 52.4 Å². The van der Waals surface area contributed by atoms with E-state index < -0.39 is 0 Å². The lowest BCUT2D eigenvalue weighted by Crippen LogP contribution is -2.18. The molecule has 1 aromatic heterocycles. The number of aromatic nitrogens is 2. The Morgan fingerprint density at radius 3 is 2.67 bits per heavy atom. The van der Waals surface area contributed by atoms with E-state index in [0.717, 1.165) is 20.9 Å². The maximum absolute atomic E-state index is 12.0. The van der Waals surface area contributed by atoms with E-state index >= 15 is 0 Å². The molecule has 1 aromatic carbocycles. The Hall–Kier alpha value is -1.58. The number of anilines is 1. The molecule has 0 aliphatic carbocycles. The molecule has 0 bridgehead atoms. The summed E-state index contributed by atoms with van der Waals surface area (Å²) in [4.78, 5) is 23.6. The van der Waals surface area contributed by atoms with Gasteiger partial charge in [-0.15, -0.1) is 10.2 Å². The van der Waals surface area contributed by atoms with E-state index in [-0.39, 0.29) is 17.6 Å². The number of nitrogens with one attached hydrogen (secondary N) is 2. The summed E-state index contributed by atoms with van der Waals surface area (Å²) in [7, 11) is 1.57. The van der Waals surface area contributed by atoms with Gasteiger partial charge in [-0.3, -0.25) is 9.59 Å². The Labute approximate surface area is 153 Å². The number of hydrogen-bond acceptors (Lipinski definition) is 7. The van der Waals surface area contributed by atoms with Crippen molar-refractivity contribution in [3.8, 4) is 0 Å². The number of thioether (sulfide) groups is 2. The first kappa shape index (κ1) is 18.8. The Balaban J connectivity index is 1.85. The van der Waals surface area contributed by atoms with Crippen molar-refractivity contribution in [3.05, 3.63) is 29.8 Å². The SMILES string of the molecule is CCCSc1nnc(SCC(=O)Nc2cccc(C(=O)NC)c2)s1. The van der Waals surface area contributed by atoms with Crippen molar-refractivity contribution in [2.24, 2.45) is 0 Å². The summed E-state index contributed by atoms with van der Waals surface area (Å²) in [6.45, 7) is 2.12. The van der Waals surface area contributed by atoms with Crippen LogP contribution in [0.4, 0.5) is 5.69 Å². The van der Waals surface area contributed by atoms with Crippen LogP contribution in [-0.4, -0.2) is 40.6 Å². The van der Waals surface area contributed by atoms with Crippen LogP contribution in [-0.2, 0) is 4.79 Å². The van der Waals surface area contributed by atoms with Crippen LogP contribution < -0.4 is 10.6 Å². The van der Waals surface area contributed by atoms with Gasteiger partial charge in [0.05, 0.1) is 5.75 Å². The van der Waals surface area contributed by atoms with Gasteiger partial charge in [-0.05, 0) is 24.6 Å². The van der Waals surface area contributed by atoms with Crippen LogP contribution in [0.5, 0.6) is 0 Å². The fourth-order valence-corrected chi connectivity index (χ4v) is 4.46. The van der Waals surface area contributed by atoms with Gasteiger partial charge in [-0.25, -0.2) is 0 Å². The predicted molar refractivity (Wildman–Crippen MR) is 100 cm³/mol. The highest BCUT2D eigenvalue weighted by Gasteiger charge is 2.10. The van der Waals surface area contributed by atoms with Crippen LogP contribution >= 0.6 is 34.9 Å². The fourth-order valence-electron chi connectivity index (χ4n) is 1.71. The van der Waals surface area contributed by atoms with Crippen molar-refractivity contribution in [2.75, 3.05) is 23.9 Å². The summed E-state index contributed by atoms with van der Waals surface area (Å²) in [5.41, 5.74) is 1.10. The zero-order valence-electron chi connectivity index (χ0n) is 13.4. The number of carbonyl (C=O) groups excluding carboxylic acids is 2. The summed E-state index contributed by atoms with van der Waals surface area (Å²) in [6.07, 6.45) is 1.09. The lowest BCUT2D eigenvalue weighted by molar-refractivity contribution is -0.113. The van der Waals surface area contributed by atoms with Gasteiger partial charge >= 0.3 is 0 Å². The first-order valence-corrected chi connectivity index (χ1v) is 10.1. The van der Waals surface area contributed by atoms with E-state index in [4.69, 9.17) is 0 Å². The number of carbonyl (C=O) groups is 2. The molecular weight excluding hydrogens is 364 g/mol. The molecule has 0 saturated heterocycles. The van der Waals surface area contributed by atoms with Gasteiger partial charge in [-0.1, -0.05) is 47.9 Å². The van der Waals surface area contributed by atoms with E-state index in [1.807, 2.05) is 0 Å². The molecule has 9 heteroatoms. The van der Waals surface area contributed by atoms with Crippen molar-refractivity contribution < 1.29 is 9.59 Å². The maximum atomic E-state index is 12.0. The smallest absolute Gasteiger partial charge is 0.251 e. The summed E-state index contributed by atoms with van der Waals surface area (Å²) < 4.78 is 1.71. The minimum Gasteiger partial charge on any atom is -0.355 e. The minimum atomic E-state index is -0.188. The molecular formula is C15H18N4O2S3. The first-order chi connectivity index (χ1) is 11.6. The molecule has 0 radical (unpaired) electrons. The average molecular weight is 383 g/mol. The molecule has 0 saturated carbocycles. The summed E-state index contributed by atoms with van der Waals surface area (Å²) >= 11 is 4.54. The van der Waals surface area contributed by atoms with E-state index in [0.29, 0.717) is 11.3 Å². The Kier molecular flexibility index (Phi) is 7.54. The van der Waals surface area contributed by atoms with Crippen molar-refractivity contribution in [3.63, 3.8) is 0 Å². The van der Waals surface area contributed by atoms with Gasteiger partial charge in [0.2, 0.25) is 5.91 Å². The Bertz CT molecular complexity index is 706. The number of nitrogens with zero attached hydrogens (tertiary/aromatic N) is 2. The molecule has 2 rings (SSSR count). The van der Waals surface area contributed by atoms with Crippen LogP contribution in [0.3, 0.4) is 0 Å². The molecule has 0 spiro atoms.